The maximum absolute atomic E-state index is 12.7. The van der Waals surface area contributed by atoms with Gasteiger partial charge in [0.2, 0.25) is 0 Å². The van der Waals surface area contributed by atoms with E-state index in [1.165, 1.54) is 28.9 Å². The zero-order valence-corrected chi connectivity index (χ0v) is 59.8. The van der Waals surface area contributed by atoms with Gasteiger partial charge in [0.05, 0.1) is 91.9 Å². The molecule has 87 heavy (non-hydrogen) atoms. The molecule has 7 aliphatic rings. The zero-order valence-electron chi connectivity index (χ0n) is 53.5. The van der Waals surface area contributed by atoms with E-state index in [1.54, 1.807) is 93.1 Å². The molecule has 5 saturated heterocycles. The Morgan fingerprint density at radius 1 is 0.552 bits per heavy atom. The van der Waals surface area contributed by atoms with Crippen LogP contribution in [-0.2, 0) is 37.9 Å². The molecule has 2 aromatic carbocycles. The Morgan fingerprint density at radius 3 is 1.17 bits per heavy atom. The largest absolute Gasteiger partial charge is 1.00 e. The van der Waals surface area contributed by atoms with E-state index in [1.807, 2.05) is 62.3 Å². The number of likely N-dealkylation sites (tertiary alicyclic amines) is 4. The minimum Gasteiger partial charge on any atom is -0.857 e. The Hall–Kier alpha value is -4.06. The molecule has 0 spiro atoms. The van der Waals surface area contributed by atoms with Crippen molar-refractivity contribution in [1.29, 1.82) is 0 Å². The van der Waals surface area contributed by atoms with Crippen LogP contribution in [0.25, 0.3) is 0 Å². The van der Waals surface area contributed by atoms with Gasteiger partial charge in [0.1, 0.15) is 40.7 Å². The van der Waals surface area contributed by atoms with Crippen LogP contribution in [0.1, 0.15) is 131 Å². The summed E-state index contributed by atoms with van der Waals surface area (Å²) in [5.41, 5.74) is 5.53. The average molecular weight is 1470 g/mol. The number of nitrogens with zero attached hydrogens (tertiary/aromatic N) is 5. The molecule has 2 unspecified atom stereocenters. The number of aliphatic hydroxyl groups excluding tert-OH is 2. The van der Waals surface area contributed by atoms with Gasteiger partial charge in [-0.1, -0.05) is 24.3 Å². The van der Waals surface area contributed by atoms with Gasteiger partial charge in [-0.25, -0.2) is 19.2 Å². The Kier molecular flexibility index (Phi) is 34.2. The van der Waals surface area contributed by atoms with Crippen molar-refractivity contribution in [3.8, 4) is 0 Å². The maximum atomic E-state index is 12.7. The van der Waals surface area contributed by atoms with Crippen LogP contribution in [0.5, 0.6) is 0 Å². The van der Waals surface area contributed by atoms with Crippen molar-refractivity contribution < 1.29 is 121 Å². The fourth-order valence-corrected chi connectivity index (χ4v) is 8.81. The number of aliphatic hydroxyl groups is 2. The molecule has 8 amide bonds. The summed E-state index contributed by atoms with van der Waals surface area (Å²) in [7, 11) is 5.38. The number of morpholine rings is 1. The van der Waals surface area contributed by atoms with E-state index in [2.05, 4.69) is 42.5 Å². The molecule has 29 heteroatoms. The number of carbonyl (C=O) groups excluding carboxylic acids is 8. The standard InChI is InChI=1S/C18H22N2O5.C10H20N2O3.C10H19NO4.C9H15NO3.C8H5NO2.C2H6O.CH3O.I2.Na/c1-18(2,3)25-17(23)19-9-13(14(10-19)24-4)20-15(21)11-7-5-6-8-12(11)16(20)22;1-10(2,3)15-9(13)12-5-7(11)8(6-12)14-4;1-10(2,3)15-9(13)11-5-7(12)8(6-11)14-4;1-9(2,3)13-8(11)10-4-6-7(5-10)12-6;10-7-5-3-1-2-4-6(5)8(11)9-7;1-2-3;2*1-2;/h5-8,13-14H,9-10H2,1-4H3;7-8H,5-6,11H2,1-4H3;7-8,12H,5-6H2,1-4H3;6-7H,4-5H2,1-3H3;1-4H,(H,9,10,11);3H,2H2,1H3;1H3;;/q;;;;;;-1;;+1/t13-,14+;7-,8+;7-,8-;;;;;;/m001....../s1. The Bertz CT molecular complexity index is 2450. The van der Waals surface area contributed by atoms with Gasteiger partial charge in [-0.2, -0.15) is 7.11 Å². The van der Waals surface area contributed by atoms with Crippen LogP contribution in [0.2, 0.25) is 0 Å². The number of nitrogens with one attached hydrogen (secondary N) is 1. The topological polar surface area (TPSA) is 331 Å². The molecular weight excluding hydrogens is 1380 g/mol. The van der Waals surface area contributed by atoms with Gasteiger partial charge in [-0.3, -0.25) is 29.4 Å². The summed E-state index contributed by atoms with van der Waals surface area (Å²) in [6.45, 7) is 27.4. The molecule has 5 fully saturated rings. The van der Waals surface area contributed by atoms with Crippen molar-refractivity contribution in [2.45, 2.75) is 161 Å². The second-order valence-corrected chi connectivity index (χ2v) is 24.0. The molecule has 2 aromatic rings. The minimum atomic E-state index is -0.623. The first kappa shape index (κ1) is 81.0. The number of nitrogens with two attached hydrogens (primary N) is 1. The second kappa shape index (κ2) is 36.7. The normalized spacial score (nSPS) is 22.8. The number of rotatable bonds is 4. The maximum Gasteiger partial charge on any atom is 1.00 e. The molecule has 0 saturated carbocycles. The molecule has 26 nitrogen and oxygen atoms in total. The summed E-state index contributed by atoms with van der Waals surface area (Å²) in [6, 6.07) is 12.8. The van der Waals surface area contributed by atoms with Gasteiger partial charge in [-0.15, -0.1) is 0 Å². The van der Waals surface area contributed by atoms with Gasteiger partial charge in [-0.05, 0) is 114 Å². The molecule has 9 rings (SSSR count). The molecule has 8 atom stereocenters. The number of imide groups is 2. The molecule has 7 heterocycles. The van der Waals surface area contributed by atoms with Crippen molar-refractivity contribution in [2.75, 3.05) is 87.4 Å². The monoisotopic (exact) mass is 1470 g/mol. The van der Waals surface area contributed by atoms with Crippen LogP contribution in [0.4, 0.5) is 19.2 Å². The number of amides is 8. The van der Waals surface area contributed by atoms with E-state index in [9.17, 15) is 43.5 Å². The molecule has 486 valence electrons. The van der Waals surface area contributed by atoms with Gasteiger partial charge < -0.3 is 78.5 Å². The molecule has 0 aromatic heterocycles. The third-order valence-corrected chi connectivity index (χ3v) is 12.6. The van der Waals surface area contributed by atoms with Crippen LogP contribution in [0, 0.1) is 0 Å². The zero-order chi connectivity index (χ0) is 65.8. The third kappa shape index (κ3) is 26.0. The first-order chi connectivity index (χ1) is 40.0. The van der Waals surface area contributed by atoms with E-state index >= 15 is 0 Å². The summed E-state index contributed by atoms with van der Waals surface area (Å²) in [5.74, 6) is -1.30. The quantitative estimate of drug-likeness (QED) is 0.112. The Labute approximate surface area is 557 Å². The van der Waals surface area contributed by atoms with E-state index in [0.29, 0.717) is 55.0 Å². The summed E-state index contributed by atoms with van der Waals surface area (Å²) in [4.78, 5) is 102. The van der Waals surface area contributed by atoms with E-state index in [0.717, 1.165) is 7.11 Å². The van der Waals surface area contributed by atoms with Gasteiger partial charge in [0.25, 0.3) is 23.6 Å². The van der Waals surface area contributed by atoms with Crippen molar-refractivity contribution in [1.82, 2.24) is 29.8 Å². The van der Waals surface area contributed by atoms with E-state index in [-0.39, 0.29) is 122 Å². The molecular formula is C58H90I2N7NaO19. The van der Waals surface area contributed by atoms with Crippen molar-refractivity contribution in [2.24, 2.45) is 5.73 Å². The number of hydrogen-bond acceptors (Lipinski definition) is 20. The molecule has 0 bridgehead atoms. The van der Waals surface area contributed by atoms with E-state index in [4.69, 9.17) is 53.8 Å². The third-order valence-electron chi connectivity index (χ3n) is 12.6. The van der Waals surface area contributed by atoms with Crippen molar-refractivity contribution >= 4 is 85.2 Å². The van der Waals surface area contributed by atoms with Crippen molar-refractivity contribution in [3.05, 3.63) is 70.8 Å². The number of halogens is 2. The average Bonchev–Trinajstić information content (AvgIpc) is 1.69. The summed E-state index contributed by atoms with van der Waals surface area (Å²) in [6.07, 6.45) is -2.32. The molecule has 0 aliphatic carbocycles. The van der Waals surface area contributed by atoms with Gasteiger partial charge in [0.15, 0.2) is 0 Å². The fourth-order valence-electron chi connectivity index (χ4n) is 8.81. The smallest absolute Gasteiger partial charge is 0.857 e. The number of epoxide rings is 1. The molecule has 0 radical (unpaired) electrons. The van der Waals surface area contributed by atoms with Gasteiger partial charge >= 0.3 is 53.9 Å². The number of carbonyl (C=O) groups is 8. The SMILES string of the molecule is CC(C)(C)OC(=O)N1CC2OC2C1.CCO.CO[C@@H]1CN(C(=O)OC(C)(C)C)C[C@@H]1N.CO[C@@H]1CN(C(=O)OC(C)(C)C)C[C@@H]1N1C(=O)c2ccccc2C1=O.CO[C@@H]1CN(C(=O)OC(C)(C)C)C[C@H]1O.C[O-].II.O=C1NC(=O)c2ccccc21.[Na+]. The number of hydrogen-bond donors (Lipinski definition) is 4. The summed E-state index contributed by atoms with van der Waals surface area (Å²) < 4.78 is 41.9. The summed E-state index contributed by atoms with van der Waals surface area (Å²) in [5, 5.41) is 27.6. The second-order valence-electron chi connectivity index (χ2n) is 24.0. The van der Waals surface area contributed by atoms with Crippen LogP contribution in [0.3, 0.4) is 0 Å². The number of benzene rings is 2. The predicted molar refractivity (Wildman–Crippen MR) is 332 cm³/mol. The van der Waals surface area contributed by atoms with Crippen LogP contribution >= 0.6 is 37.2 Å². The number of methoxy groups -OCH3 is 3. The summed E-state index contributed by atoms with van der Waals surface area (Å²) >= 11 is 4.24. The van der Waals surface area contributed by atoms with Crippen molar-refractivity contribution in [3.63, 3.8) is 0 Å². The van der Waals surface area contributed by atoms with Crippen LogP contribution in [-0.4, -0.2) is 241 Å². The Balaban J connectivity index is 0.000000542. The molecule has 5 N–H and O–H groups in total. The first-order valence-corrected chi connectivity index (χ1v) is 34.0. The molecule has 7 aliphatic heterocycles. The van der Waals surface area contributed by atoms with Gasteiger partial charge in [0, 0.05) is 78.3 Å². The minimum absolute atomic E-state index is 0. The number of β-amino-alcohol motifs (C(OH)–C–C–N with tert-alkyl or cyclic N) is 1. The Morgan fingerprint density at radius 2 is 0.851 bits per heavy atom. The first-order valence-electron chi connectivity index (χ1n) is 27.7. The van der Waals surface area contributed by atoms with E-state index < -0.39 is 52.8 Å². The van der Waals surface area contributed by atoms with Crippen LogP contribution < -0.4 is 45.7 Å². The number of ether oxygens (including phenoxy) is 8. The number of fused-ring (bicyclic) bond motifs is 3. The fraction of sp³-hybridized carbons (Fsp3) is 0.655. The van der Waals surface area contributed by atoms with Crippen LogP contribution in [0.15, 0.2) is 48.5 Å². The predicted octanol–water partition coefficient (Wildman–Crippen LogP) is 2.43.